The molecule has 2 rings (SSSR count). The number of nitrogens with one attached hydrogen (secondary N) is 1. The summed E-state index contributed by atoms with van der Waals surface area (Å²) in [6, 6.07) is 6.78. The van der Waals surface area contributed by atoms with Crippen LogP contribution in [0, 0.1) is 0 Å². The van der Waals surface area contributed by atoms with Crippen LogP contribution in [0.5, 0.6) is 0 Å². The van der Waals surface area contributed by atoms with E-state index in [0.29, 0.717) is 6.54 Å². The molecule has 5 nitrogen and oxygen atoms in total. The van der Waals surface area contributed by atoms with Crippen molar-refractivity contribution in [3.05, 3.63) is 42.5 Å². The number of amides is 1. The van der Waals surface area contributed by atoms with Gasteiger partial charge in [0.1, 0.15) is 0 Å². The maximum absolute atomic E-state index is 12.6. The number of sulfone groups is 1. The molecule has 126 valence electrons. The highest BCUT2D eigenvalue weighted by Gasteiger charge is 2.24. The van der Waals surface area contributed by atoms with Gasteiger partial charge in [0.25, 0.3) is 0 Å². The van der Waals surface area contributed by atoms with Crippen molar-refractivity contribution in [1.29, 1.82) is 0 Å². The highest BCUT2D eigenvalue weighted by atomic mass is 32.2. The summed E-state index contributed by atoms with van der Waals surface area (Å²) >= 11 is 0. The standard InChI is InChI=1S/C17H24N2O3S/c1-3-12-19(15-8-10-18-11-9-15)17(20)13-14-4-6-16(7-5-14)23(2,21)22/h3-7,15,18H,1,8-13H2,2H3. The SMILES string of the molecule is C=CCN(C(=O)Cc1ccc(S(C)(=O)=O)cc1)C1CCNCC1. The number of hydrogen-bond acceptors (Lipinski definition) is 4. The van der Waals surface area contributed by atoms with Crippen molar-refractivity contribution in [3.8, 4) is 0 Å². The predicted octanol–water partition coefficient (Wildman–Crippen LogP) is 1.40. The third kappa shape index (κ3) is 4.91. The lowest BCUT2D eigenvalue weighted by Gasteiger charge is -2.34. The van der Waals surface area contributed by atoms with Crippen LogP contribution in [0.3, 0.4) is 0 Å². The second-order valence-corrected chi connectivity index (χ2v) is 7.92. The van der Waals surface area contributed by atoms with Gasteiger partial charge in [-0.15, -0.1) is 6.58 Å². The Bertz CT molecular complexity index is 647. The first-order chi connectivity index (χ1) is 10.9. The van der Waals surface area contributed by atoms with E-state index >= 15 is 0 Å². The summed E-state index contributed by atoms with van der Waals surface area (Å²) in [6.45, 7) is 6.14. The van der Waals surface area contributed by atoms with Gasteiger partial charge < -0.3 is 10.2 Å². The number of rotatable bonds is 6. The number of benzene rings is 1. The van der Waals surface area contributed by atoms with Gasteiger partial charge in [-0.25, -0.2) is 8.42 Å². The summed E-state index contributed by atoms with van der Waals surface area (Å²) < 4.78 is 22.9. The summed E-state index contributed by atoms with van der Waals surface area (Å²) in [5.74, 6) is 0.0592. The Hall–Kier alpha value is -1.66. The summed E-state index contributed by atoms with van der Waals surface area (Å²) in [5.41, 5.74) is 0.824. The minimum atomic E-state index is -3.21. The van der Waals surface area contributed by atoms with Crippen molar-refractivity contribution in [2.75, 3.05) is 25.9 Å². The Kier molecular flexibility index (Phi) is 5.96. The van der Waals surface area contributed by atoms with Crippen LogP contribution in [-0.2, 0) is 21.1 Å². The van der Waals surface area contributed by atoms with Crippen LogP contribution < -0.4 is 5.32 Å². The molecule has 0 saturated carbocycles. The number of hydrogen-bond donors (Lipinski definition) is 1. The fourth-order valence-electron chi connectivity index (χ4n) is 2.84. The third-order valence-corrected chi connectivity index (χ3v) is 5.23. The zero-order valence-electron chi connectivity index (χ0n) is 13.5. The molecule has 1 aromatic rings. The average Bonchev–Trinajstić information content (AvgIpc) is 2.53. The summed E-state index contributed by atoms with van der Waals surface area (Å²) in [6.07, 6.45) is 5.11. The molecule has 1 fully saturated rings. The van der Waals surface area contributed by atoms with Crippen molar-refractivity contribution in [2.24, 2.45) is 0 Å². The van der Waals surface area contributed by atoms with E-state index in [2.05, 4.69) is 11.9 Å². The van der Waals surface area contributed by atoms with Crippen molar-refractivity contribution in [3.63, 3.8) is 0 Å². The van der Waals surface area contributed by atoms with E-state index in [1.165, 1.54) is 6.26 Å². The average molecular weight is 336 g/mol. The van der Waals surface area contributed by atoms with Crippen LogP contribution in [-0.4, -0.2) is 51.2 Å². The van der Waals surface area contributed by atoms with E-state index in [1.807, 2.05) is 4.90 Å². The van der Waals surface area contributed by atoms with Crippen LogP contribution >= 0.6 is 0 Å². The lowest BCUT2D eigenvalue weighted by molar-refractivity contribution is -0.132. The van der Waals surface area contributed by atoms with E-state index in [1.54, 1.807) is 30.3 Å². The lowest BCUT2D eigenvalue weighted by atomic mass is 10.0. The topological polar surface area (TPSA) is 66.5 Å². The minimum Gasteiger partial charge on any atom is -0.336 e. The monoisotopic (exact) mass is 336 g/mol. The Morgan fingerprint density at radius 2 is 1.91 bits per heavy atom. The number of carbonyl (C=O) groups excluding carboxylic acids is 1. The molecular formula is C17H24N2O3S. The Morgan fingerprint density at radius 3 is 2.43 bits per heavy atom. The second-order valence-electron chi connectivity index (χ2n) is 5.91. The van der Waals surface area contributed by atoms with Crippen LogP contribution in [0.15, 0.2) is 41.8 Å². The Labute approximate surface area is 138 Å². The maximum Gasteiger partial charge on any atom is 0.227 e. The lowest BCUT2D eigenvalue weighted by Crippen LogP contribution is -2.46. The molecule has 0 bridgehead atoms. The Morgan fingerprint density at radius 1 is 1.30 bits per heavy atom. The zero-order chi connectivity index (χ0) is 16.9. The fourth-order valence-corrected chi connectivity index (χ4v) is 3.47. The number of piperidine rings is 1. The highest BCUT2D eigenvalue weighted by Crippen LogP contribution is 2.16. The van der Waals surface area contributed by atoms with Gasteiger partial charge in [0, 0.05) is 18.8 Å². The molecule has 0 atom stereocenters. The summed E-state index contributed by atoms with van der Waals surface area (Å²) in [5, 5.41) is 3.30. The van der Waals surface area contributed by atoms with Crippen molar-refractivity contribution >= 4 is 15.7 Å². The molecule has 1 aliphatic rings. The van der Waals surface area contributed by atoms with Gasteiger partial charge in [0.2, 0.25) is 5.91 Å². The quantitative estimate of drug-likeness (QED) is 0.798. The predicted molar refractivity (Wildman–Crippen MR) is 91.1 cm³/mol. The molecule has 1 N–H and O–H groups in total. The molecule has 1 saturated heterocycles. The van der Waals surface area contributed by atoms with Crippen LogP contribution in [0.2, 0.25) is 0 Å². The van der Waals surface area contributed by atoms with Gasteiger partial charge in [-0.1, -0.05) is 18.2 Å². The number of nitrogens with zero attached hydrogens (tertiary/aromatic N) is 1. The maximum atomic E-state index is 12.6. The molecule has 0 aliphatic carbocycles. The van der Waals surface area contributed by atoms with Crippen molar-refractivity contribution in [1.82, 2.24) is 10.2 Å². The van der Waals surface area contributed by atoms with Crippen LogP contribution in [0.1, 0.15) is 18.4 Å². The first kappa shape index (κ1) is 17.7. The first-order valence-corrected chi connectivity index (χ1v) is 9.71. The zero-order valence-corrected chi connectivity index (χ0v) is 14.3. The van der Waals surface area contributed by atoms with E-state index in [9.17, 15) is 13.2 Å². The molecular weight excluding hydrogens is 312 g/mol. The molecule has 1 aromatic carbocycles. The van der Waals surface area contributed by atoms with E-state index in [4.69, 9.17) is 0 Å². The molecule has 1 aliphatic heterocycles. The van der Waals surface area contributed by atoms with E-state index < -0.39 is 9.84 Å². The Balaban J connectivity index is 2.07. The minimum absolute atomic E-state index is 0.0592. The van der Waals surface area contributed by atoms with Gasteiger partial charge in [0.15, 0.2) is 9.84 Å². The molecule has 1 amide bonds. The fraction of sp³-hybridized carbons (Fsp3) is 0.471. The second kappa shape index (κ2) is 7.75. The normalized spacial score (nSPS) is 16.0. The largest absolute Gasteiger partial charge is 0.336 e. The van der Waals surface area contributed by atoms with Crippen molar-refractivity contribution in [2.45, 2.75) is 30.2 Å². The summed E-state index contributed by atoms with van der Waals surface area (Å²) in [7, 11) is -3.21. The van der Waals surface area contributed by atoms with Crippen LogP contribution in [0.25, 0.3) is 0 Å². The first-order valence-electron chi connectivity index (χ1n) is 7.82. The molecule has 0 aromatic heterocycles. The molecule has 0 radical (unpaired) electrons. The smallest absolute Gasteiger partial charge is 0.227 e. The van der Waals surface area contributed by atoms with Crippen molar-refractivity contribution < 1.29 is 13.2 Å². The highest BCUT2D eigenvalue weighted by molar-refractivity contribution is 7.90. The molecule has 0 unspecified atom stereocenters. The van der Waals surface area contributed by atoms with Gasteiger partial charge >= 0.3 is 0 Å². The molecule has 6 heteroatoms. The molecule has 23 heavy (non-hydrogen) atoms. The van der Waals surface area contributed by atoms with Crippen LogP contribution in [0.4, 0.5) is 0 Å². The van der Waals surface area contributed by atoms with Gasteiger partial charge in [-0.05, 0) is 43.6 Å². The number of carbonyl (C=O) groups is 1. The summed E-state index contributed by atoms with van der Waals surface area (Å²) in [4.78, 5) is 14.8. The van der Waals surface area contributed by atoms with Gasteiger partial charge in [-0.2, -0.15) is 0 Å². The van der Waals surface area contributed by atoms with E-state index in [-0.39, 0.29) is 23.3 Å². The van der Waals surface area contributed by atoms with Gasteiger partial charge in [0.05, 0.1) is 11.3 Å². The third-order valence-electron chi connectivity index (χ3n) is 4.10. The van der Waals surface area contributed by atoms with Gasteiger partial charge in [-0.3, -0.25) is 4.79 Å². The molecule has 0 spiro atoms. The molecule has 1 heterocycles. The van der Waals surface area contributed by atoms with E-state index in [0.717, 1.165) is 31.5 Å².